The molecule has 0 aliphatic carbocycles. The predicted molar refractivity (Wildman–Crippen MR) is 102 cm³/mol. The van der Waals surface area contributed by atoms with E-state index in [2.05, 4.69) is 41.1 Å². The first-order valence-corrected chi connectivity index (χ1v) is 8.92. The molecule has 4 nitrogen and oxygen atoms in total. The molecule has 0 saturated carbocycles. The van der Waals surface area contributed by atoms with Crippen molar-refractivity contribution in [2.45, 2.75) is 39.0 Å². The summed E-state index contributed by atoms with van der Waals surface area (Å²) in [6.07, 6.45) is -2.30. The number of aliphatic imine (C=N–C) groups is 1. The molecule has 0 unspecified atom stereocenters. The Morgan fingerprint density at radius 1 is 1.22 bits per heavy atom. The van der Waals surface area contributed by atoms with E-state index in [9.17, 15) is 13.2 Å². The first-order chi connectivity index (χ1) is 12.8. The van der Waals surface area contributed by atoms with Gasteiger partial charge in [-0.1, -0.05) is 12.1 Å². The fourth-order valence-electron chi connectivity index (χ4n) is 2.90. The second-order valence-electron chi connectivity index (χ2n) is 6.98. The van der Waals surface area contributed by atoms with Crippen LogP contribution in [0.5, 0.6) is 0 Å². The van der Waals surface area contributed by atoms with Gasteiger partial charge in [0.05, 0.1) is 17.8 Å². The SMILES string of the molecule is CC(C)N(C)CCC1=NCc2ccc(-c3ncccc3C(F)(F)F)cc2N1. The zero-order valence-electron chi connectivity index (χ0n) is 15.6. The number of pyridine rings is 1. The molecule has 0 bridgehead atoms. The third kappa shape index (κ3) is 4.47. The summed E-state index contributed by atoms with van der Waals surface area (Å²) < 4.78 is 39.9. The van der Waals surface area contributed by atoms with E-state index in [0.717, 1.165) is 36.1 Å². The number of alkyl halides is 3. The monoisotopic (exact) mass is 376 g/mol. The van der Waals surface area contributed by atoms with Crippen molar-refractivity contribution in [2.24, 2.45) is 4.99 Å². The second-order valence-corrected chi connectivity index (χ2v) is 6.98. The Kier molecular flexibility index (Phi) is 5.51. The molecule has 2 aromatic rings. The normalized spacial score (nSPS) is 14.1. The third-order valence-corrected chi connectivity index (χ3v) is 4.80. The van der Waals surface area contributed by atoms with Crippen LogP contribution in [0.1, 0.15) is 31.4 Å². The number of fused-ring (bicyclic) bond motifs is 1. The number of anilines is 1. The van der Waals surface area contributed by atoms with Crippen molar-refractivity contribution in [3.63, 3.8) is 0 Å². The lowest BCUT2D eigenvalue weighted by Crippen LogP contribution is -2.30. The predicted octanol–water partition coefficient (Wildman–Crippen LogP) is 4.82. The molecule has 1 N–H and O–H groups in total. The lowest BCUT2D eigenvalue weighted by Gasteiger charge is -2.24. The van der Waals surface area contributed by atoms with Crippen LogP contribution in [0.15, 0.2) is 41.5 Å². The summed E-state index contributed by atoms with van der Waals surface area (Å²) in [4.78, 5) is 10.7. The van der Waals surface area contributed by atoms with Crippen molar-refractivity contribution >= 4 is 11.5 Å². The van der Waals surface area contributed by atoms with Crippen LogP contribution < -0.4 is 5.32 Å². The topological polar surface area (TPSA) is 40.5 Å². The number of halogens is 3. The van der Waals surface area contributed by atoms with Gasteiger partial charge in [-0.3, -0.25) is 9.98 Å². The maximum absolute atomic E-state index is 13.3. The summed E-state index contributed by atoms with van der Waals surface area (Å²) in [5, 5.41) is 3.27. The van der Waals surface area contributed by atoms with Crippen LogP contribution in [0.4, 0.5) is 18.9 Å². The second kappa shape index (κ2) is 7.68. The van der Waals surface area contributed by atoms with Gasteiger partial charge in [0.1, 0.15) is 5.84 Å². The minimum Gasteiger partial charge on any atom is -0.344 e. The van der Waals surface area contributed by atoms with E-state index < -0.39 is 11.7 Å². The molecule has 1 aliphatic heterocycles. The molecule has 0 spiro atoms. The fourth-order valence-corrected chi connectivity index (χ4v) is 2.90. The Morgan fingerprint density at radius 2 is 2.00 bits per heavy atom. The highest BCUT2D eigenvalue weighted by Gasteiger charge is 2.34. The number of benzene rings is 1. The quantitative estimate of drug-likeness (QED) is 0.813. The van der Waals surface area contributed by atoms with Crippen LogP contribution >= 0.6 is 0 Å². The number of hydrogen-bond acceptors (Lipinski definition) is 4. The summed E-state index contributed by atoms with van der Waals surface area (Å²) in [5.41, 5.74) is 1.41. The Balaban J connectivity index is 1.83. The molecular formula is C20H23F3N4. The highest BCUT2D eigenvalue weighted by Crippen LogP contribution is 2.37. The molecule has 1 aromatic carbocycles. The average Bonchev–Trinajstić information content (AvgIpc) is 2.64. The zero-order chi connectivity index (χ0) is 19.6. The Bertz CT molecular complexity index is 843. The van der Waals surface area contributed by atoms with Gasteiger partial charge in [0.2, 0.25) is 0 Å². The number of amidine groups is 1. The van der Waals surface area contributed by atoms with E-state index in [1.54, 1.807) is 12.1 Å². The van der Waals surface area contributed by atoms with Crippen LogP contribution in [0, 0.1) is 0 Å². The summed E-state index contributed by atoms with van der Waals surface area (Å²) in [6.45, 7) is 5.64. The number of rotatable bonds is 5. The molecule has 144 valence electrons. The van der Waals surface area contributed by atoms with E-state index in [0.29, 0.717) is 18.2 Å². The summed E-state index contributed by atoms with van der Waals surface area (Å²) >= 11 is 0. The molecule has 27 heavy (non-hydrogen) atoms. The van der Waals surface area contributed by atoms with Crippen LogP contribution in [-0.2, 0) is 12.7 Å². The lowest BCUT2D eigenvalue weighted by molar-refractivity contribution is -0.137. The van der Waals surface area contributed by atoms with Crippen LogP contribution in [-0.4, -0.2) is 35.4 Å². The molecule has 0 radical (unpaired) electrons. The molecule has 3 rings (SSSR count). The maximum atomic E-state index is 13.3. The minimum atomic E-state index is -4.44. The first-order valence-electron chi connectivity index (χ1n) is 8.92. The van der Waals surface area contributed by atoms with Gasteiger partial charge in [-0.05, 0) is 44.7 Å². The van der Waals surface area contributed by atoms with E-state index >= 15 is 0 Å². The maximum Gasteiger partial charge on any atom is 0.418 e. The van der Waals surface area contributed by atoms with Crippen LogP contribution in [0.2, 0.25) is 0 Å². The van der Waals surface area contributed by atoms with Gasteiger partial charge in [-0.15, -0.1) is 0 Å². The van der Waals surface area contributed by atoms with Gasteiger partial charge in [-0.2, -0.15) is 13.2 Å². The fraction of sp³-hybridized carbons (Fsp3) is 0.400. The van der Waals surface area contributed by atoms with Crippen LogP contribution in [0.25, 0.3) is 11.3 Å². The molecule has 0 fully saturated rings. The van der Waals surface area contributed by atoms with Crippen LogP contribution in [0.3, 0.4) is 0 Å². The molecule has 7 heteroatoms. The summed E-state index contributed by atoms with van der Waals surface area (Å²) in [7, 11) is 2.06. The summed E-state index contributed by atoms with van der Waals surface area (Å²) in [5.74, 6) is 0.851. The van der Waals surface area contributed by atoms with E-state index in [-0.39, 0.29) is 5.69 Å². The highest BCUT2D eigenvalue weighted by atomic mass is 19.4. The molecule has 0 amide bonds. The zero-order valence-corrected chi connectivity index (χ0v) is 15.6. The van der Waals surface area contributed by atoms with Gasteiger partial charge in [0.25, 0.3) is 0 Å². The molecular weight excluding hydrogens is 353 g/mol. The smallest absolute Gasteiger partial charge is 0.344 e. The van der Waals surface area contributed by atoms with Gasteiger partial charge in [-0.25, -0.2) is 0 Å². The molecule has 2 heterocycles. The average molecular weight is 376 g/mol. The number of hydrogen-bond donors (Lipinski definition) is 1. The number of nitrogens with one attached hydrogen (secondary N) is 1. The number of nitrogens with zero attached hydrogens (tertiary/aromatic N) is 3. The van der Waals surface area contributed by atoms with Crippen molar-refractivity contribution < 1.29 is 13.2 Å². The molecule has 0 atom stereocenters. The Labute approximate surface area is 157 Å². The van der Waals surface area contributed by atoms with E-state index in [4.69, 9.17) is 0 Å². The van der Waals surface area contributed by atoms with Gasteiger partial charge < -0.3 is 10.2 Å². The molecule has 1 aliphatic rings. The highest BCUT2D eigenvalue weighted by molar-refractivity contribution is 5.98. The Morgan fingerprint density at radius 3 is 2.70 bits per heavy atom. The van der Waals surface area contributed by atoms with Crippen molar-refractivity contribution in [3.8, 4) is 11.3 Å². The van der Waals surface area contributed by atoms with Crippen molar-refractivity contribution in [1.29, 1.82) is 0 Å². The van der Waals surface area contributed by atoms with Gasteiger partial charge >= 0.3 is 6.18 Å². The number of aromatic nitrogens is 1. The van der Waals surface area contributed by atoms with Crippen molar-refractivity contribution in [3.05, 3.63) is 47.7 Å². The van der Waals surface area contributed by atoms with Gasteiger partial charge in [0, 0.05) is 36.5 Å². The van der Waals surface area contributed by atoms with E-state index in [1.807, 2.05) is 6.07 Å². The van der Waals surface area contributed by atoms with Gasteiger partial charge in [0.15, 0.2) is 0 Å². The summed E-state index contributed by atoms with van der Waals surface area (Å²) in [6, 6.07) is 8.02. The largest absolute Gasteiger partial charge is 0.418 e. The standard InChI is InChI=1S/C20H23F3N4/c1-13(2)27(3)10-8-18-25-12-15-7-6-14(11-17(15)26-18)19-16(20(21,22)23)5-4-9-24-19/h4-7,9,11,13H,8,10,12H2,1-3H3,(H,25,26). The Hall–Kier alpha value is -2.41. The van der Waals surface area contributed by atoms with E-state index in [1.165, 1.54) is 12.3 Å². The lowest BCUT2D eigenvalue weighted by atomic mass is 10.0. The minimum absolute atomic E-state index is 0.0572. The molecule has 0 saturated heterocycles. The van der Waals surface area contributed by atoms with Crippen molar-refractivity contribution in [1.82, 2.24) is 9.88 Å². The van der Waals surface area contributed by atoms with Crippen molar-refractivity contribution in [2.75, 3.05) is 18.9 Å². The molecule has 1 aromatic heterocycles. The third-order valence-electron chi connectivity index (χ3n) is 4.80. The first kappa shape index (κ1) is 19.4.